The minimum absolute atomic E-state index is 0.0653. The van der Waals surface area contributed by atoms with Crippen LogP contribution in [0.3, 0.4) is 0 Å². The largest absolute Gasteiger partial charge is 0.368 e. The molecule has 0 unspecified atom stereocenters. The van der Waals surface area contributed by atoms with Gasteiger partial charge in [0, 0.05) is 25.9 Å². The average molecular weight is 315 g/mol. The molecule has 1 aromatic carbocycles. The molecule has 0 aliphatic carbocycles. The van der Waals surface area contributed by atoms with Crippen molar-refractivity contribution in [1.82, 2.24) is 0 Å². The van der Waals surface area contributed by atoms with Gasteiger partial charge in [0.05, 0.1) is 9.82 Å². The molecule has 0 heterocycles. The van der Waals surface area contributed by atoms with E-state index >= 15 is 0 Å². The molecular weight excluding hydrogens is 294 g/mol. The zero-order chi connectivity index (χ0) is 16.4. The van der Waals surface area contributed by atoms with Crippen LogP contribution in [0.1, 0.15) is 13.8 Å². The smallest absolute Gasteiger partial charge is 0.293 e. The van der Waals surface area contributed by atoms with Crippen LogP contribution in [0, 0.1) is 15.5 Å². The van der Waals surface area contributed by atoms with Gasteiger partial charge in [-0.3, -0.25) is 10.1 Å². The number of nitrogens with zero attached hydrogens (tertiary/aromatic N) is 2. The van der Waals surface area contributed by atoms with Crippen molar-refractivity contribution >= 4 is 21.2 Å². The number of rotatable bonds is 6. The number of nitrogens with two attached hydrogens (primary N) is 1. The summed E-state index contributed by atoms with van der Waals surface area (Å²) in [6.07, 6.45) is 1.02. The van der Waals surface area contributed by atoms with Crippen molar-refractivity contribution in [1.29, 1.82) is 0 Å². The van der Waals surface area contributed by atoms with Crippen LogP contribution < -0.4 is 10.6 Å². The van der Waals surface area contributed by atoms with Gasteiger partial charge in [0.2, 0.25) is 0 Å². The second-order valence-corrected chi connectivity index (χ2v) is 7.92. The molecule has 21 heavy (non-hydrogen) atoms. The van der Waals surface area contributed by atoms with E-state index in [1.54, 1.807) is 11.9 Å². The maximum atomic E-state index is 11.5. The molecule has 0 saturated heterocycles. The predicted octanol–water partition coefficient (Wildman–Crippen LogP) is 1.42. The topological polar surface area (TPSA) is 107 Å². The fraction of sp³-hybridized carbons (Fsp3) is 0.538. The second-order valence-electron chi connectivity index (χ2n) is 5.90. The lowest BCUT2D eigenvalue weighted by atomic mass is 9.93. The molecule has 0 amide bonds. The third-order valence-electron chi connectivity index (χ3n) is 3.20. The fourth-order valence-electron chi connectivity index (χ4n) is 1.99. The van der Waals surface area contributed by atoms with Gasteiger partial charge in [-0.2, -0.15) is 0 Å². The minimum Gasteiger partial charge on any atom is -0.368 e. The van der Waals surface area contributed by atoms with Gasteiger partial charge in [-0.25, -0.2) is 8.42 Å². The second kappa shape index (κ2) is 5.98. The molecule has 7 nitrogen and oxygen atoms in total. The standard InChI is InChI=1S/C13H21N3O4S/c1-13(2,8-14)9-15(3)11-6-5-10(21(4,19)20)7-12(11)16(17)18/h5-7H,8-9,14H2,1-4H3. The number of nitro benzene ring substituents is 1. The molecule has 0 saturated carbocycles. The van der Waals surface area contributed by atoms with Crippen molar-refractivity contribution in [3.8, 4) is 0 Å². The fourth-order valence-corrected chi connectivity index (χ4v) is 2.64. The Bertz CT molecular complexity index is 641. The van der Waals surface area contributed by atoms with E-state index < -0.39 is 14.8 Å². The van der Waals surface area contributed by atoms with Crippen molar-refractivity contribution in [3.05, 3.63) is 28.3 Å². The highest BCUT2D eigenvalue weighted by Crippen LogP contribution is 2.31. The van der Waals surface area contributed by atoms with Crippen molar-refractivity contribution < 1.29 is 13.3 Å². The highest BCUT2D eigenvalue weighted by molar-refractivity contribution is 7.90. The Hall–Kier alpha value is -1.67. The normalized spacial score (nSPS) is 12.2. The number of hydrogen-bond donors (Lipinski definition) is 1. The zero-order valence-electron chi connectivity index (χ0n) is 12.7. The SMILES string of the molecule is CN(CC(C)(C)CN)c1ccc(S(C)(=O)=O)cc1[N+](=O)[O-]. The third kappa shape index (κ3) is 4.40. The van der Waals surface area contributed by atoms with Crippen LogP contribution in [0.5, 0.6) is 0 Å². The number of hydrogen-bond acceptors (Lipinski definition) is 6. The summed E-state index contributed by atoms with van der Waals surface area (Å²) < 4.78 is 23.0. The van der Waals surface area contributed by atoms with Crippen LogP contribution in [-0.2, 0) is 9.84 Å². The summed E-state index contributed by atoms with van der Waals surface area (Å²) in [6, 6.07) is 3.93. The van der Waals surface area contributed by atoms with Gasteiger partial charge < -0.3 is 10.6 Å². The Morgan fingerprint density at radius 2 is 1.95 bits per heavy atom. The first-order valence-electron chi connectivity index (χ1n) is 6.37. The van der Waals surface area contributed by atoms with E-state index in [9.17, 15) is 18.5 Å². The predicted molar refractivity (Wildman–Crippen MR) is 82.3 cm³/mol. The Balaban J connectivity index is 3.28. The lowest BCUT2D eigenvalue weighted by molar-refractivity contribution is -0.384. The van der Waals surface area contributed by atoms with Gasteiger partial charge in [-0.05, 0) is 24.1 Å². The summed E-state index contributed by atoms with van der Waals surface area (Å²) in [4.78, 5) is 12.3. The van der Waals surface area contributed by atoms with Gasteiger partial charge in [0.15, 0.2) is 9.84 Å². The van der Waals surface area contributed by atoms with Gasteiger partial charge in [0.1, 0.15) is 5.69 Å². The molecule has 1 rings (SSSR count). The first kappa shape index (κ1) is 17.4. The molecule has 0 radical (unpaired) electrons. The van der Waals surface area contributed by atoms with Crippen LogP contribution in [0.25, 0.3) is 0 Å². The molecular formula is C13H21N3O4S. The van der Waals surface area contributed by atoms with Gasteiger partial charge in [-0.1, -0.05) is 13.8 Å². The molecule has 0 fully saturated rings. The van der Waals surface area contributed by atoms with Gasteiger partial charge in [-0.15, -0.1) is 0 Å². The summed E-state index contributed by atoms with van der Waals surface area (Å²) >= 11 is 0. The van der Waals surface area contributed by atoms with Crippen LogP contribution in [0.15, 0.2) is 23.1 Å². The van der Waals surface area contributed by atoms with E-state index in [0.29, 0.717) is 18.8 Å². The Labute approximate surface area is 124 Å². The van der Waals surface area contributed by atoms with Crippen LogP contribution in [-0.4, -0.2) is 39.7 Å². The first-order valence-corrected chi connectivity index (χ1v) is 8.27. The third-order valence-corrected chi connectivity index (χ3v) is 4.31. The molecule has 0 aromatic heterocycles. The Kier molecular flexibility index (Phi) is 4.95. The van der Waals surface area contributed by atoms with Gasteiger partial charge in [0.25, 0.3) is 5.69 Å². The van der Waals surface area contributed by atoms with Crippen molar-refractivity contribution in [2.24, 2.45) is 11.1 Å². The van der Waals surface area contributed by atoms with Crippen LogP contribution in [0.4, 0.5) is 11.4 Å². The van der Waals surface area contributed by atoms with Crippen molar-refractivity contribution in [2.75, 3.05) is 31.3 Å². The van der Waals surface area contributed by atoms with E-state index in [4.69, 9.17) is 5.73 Å². The molecule has 1 aromatic rings. The summed E-state index contributed by atoms with van der Waals surface area (Å²) in [6.45, 7) is 4.87. The minimum atomic E-state index is -3.48. The number of benzene rings is 1. The number of anilines is 1. The lowest BCUT2D eigenvalue weighted by Gasteiger charge is -2.30. The van der Waals surface area contributed by atoms with Crippen molar-refractivity contribution in [2.45, 2.75) is 18.7 Å². The summed E-state index contributed by atoms with van der Waals surface area (Å²) in [7, 11) is -1.76. The Morgan fingerprint density at radius 3 is 2.38 bits per heavy atom. The summed E-state index contributed by atoms with van der Waals surface area (Å²) in [5.74, 6) is 0. The monoisotopic (exact) mass is 315 g/mol. The quantitative estimate of drug-likeness (QED) is 0.628. The molecule has 8 heteroatoms. The van der Waals surface area contributed by atoms with E-state index in [0.717, 1.165) is 12.3 Å². The van der Waals surface area contributed by atoms with Crippen LogP contribution >= 0.6 is 0 Å². The van der Waals surface area contributed by atoms with Gasteiger partial charge >= 0.3 is 0 Å². The molecule has 118 valence electrons. The lowest BCUT2D eigenvalue weighted by Crippen LogP contribution is -2.37. The number of nitro groups is 1. The maximum Gasteiger partial charge on any atom is 0.293 e. The Morgan fingerprint density at radius 1 is 1.38 bits per heavy atom. The van der Waals surface area contributed by atoms with E-state index in [1.807, 2.05) is 13.8 Å². The molecule has 2 N–H and O–H groups in total. The molecule has 0 atom stereocenters. The van der Waals surface area contributed by atoms with E-state index in [2.05, 4.69) is 0 Å². The highest BCUT2D eigenvalue weighted by atomic mass is 32.2. The number of sulfone groups is 1. The van der Waals surface area contributed by atoms with Crippen LogP contribution in [0.2, 0.25) is 0 Å². The van der Waals surface area contributed by atoms with E-state index in [1.165, 1.54) is 12.1 Å². The molecule has 0 aliphatic rings. The highest BCUT2D eigenvalue weighted by Gasteiger charge is 2.25. The molecule has 0 spiro atoms. The summed E-state index contributed by atoms with van der Waals surface area (Å²) in [5, 5.41) is 11.2. The van der Waals surface area contributed by atoms with Crippen molar-refractivity contribution in [3.63, 3.8) is 0 Å². The van der Waals surface area contributed by atoms with E-state index in [-0.39, 0.29) is 16.0 Å². The molecule has 0 bridgehead atoms. The maximum absolute atomic E-state index is 11.5. The summed E-state index contributed by atoms with van der Waals surface area (Å²) in [5.41, 5.74) is 5.60. The zero-order valence-corrected chi connectivity index (χ0v) is 13.5. The molecule has 0 aliphatic heterocycles. The first-order chi connectivity index (χ1) is 9.48. The average Bonchev–Trinajstić information content (AvgIpc) is 2.36.